The number of nitrogens with one attached hydrogen (secondary N) is 1. The van der Waals surface area contributed by atoms with Crippen LogP contribution in [0.2, 0.25) is 0 Å². The molecule has 0 amide bonds. The minimum absolute atomic E-state index is 0.00813. The van der Waals surface area contributed by atoms with E-state index in [1.807, 2.05) is 0 Å². The van der Waals surface area contributed by atoms with Crippen molar-refractivity contribution in [2.24, 2.45) is 0 Å². The average molecular weight is 217 g/mol. The molecule has 1 rings (SSSR count). The molecule has 0 radical (unpaired) electrons. The summed E-state index contributed by atoms with van der Waals surface area (Å²) in [7, 11) is 0. The van der Waals surface area contributed by atoms with Crippen LogP contribution < -0.4 is 5.32 Å². The molecule has 0 saturated carbocycles. The highest BCUT2D eigenvalue weighted by atomic mass is 19.1. The van der Waals surface area contributed by atoms with E-state index in [4.69, 9.17) is 4.74 Å². The molecule has 1 aliphatic heterocycles. The molecule has 1 fully saturated rings. The zero-order valence-electron chi connectivity index (χ0n) is 10.2. The smallest absolute Gasteiger partial charge is 0.113 e. The normalized spacial score (nSPS) is 24.4. The Morgan fingerprint density at radius 3 is 2.73 bits per heavy atom. The molecule has 15 heavy (non-hydrogen) atoms. The average Bonchev–Trinajstić information content (AvgIpc) is 2.62. The van der Waals surface area contributed by atoms with Gasteiger partial charge in [-0.2, -0.15) is 0 Å². The summed E-state index contributed by atoms with van der Waals surface area (Å²) in [4.78, 5) is 0. The Morgan fingerprint density at radius 2 is 2.20 bits per heavy atom. The predicted octanol–water partition coefficient (Wildman–Crippen LogP) is 2.67. The molecule has 2 unspecified atom stereocenters. The number of rotatable bonds is 5. The maximum absolute atomic E-state index is 13.5. The van der Waals surface area contributed by atoms with Crippen LogP contribution in [0.25, 0.3) is 0 Å². The van der Waals surface area contributed by atoms with Gasteiger partial charge in [0.05, 0.1) is 6.10 Å². The Balaban J connectivity index is 2.05. The quantitative estimate of drug-likeness (QED) is 0.764. The molecular formula is C12H24FNO. The summed E-state index contributed by atoms with van der Waals surface area (Å²) >= 11 is 0. The largest absolute Gasteiger partial charge is 0.378 e. The van der Waals surface area contributed by atoms with Gasteiger partial charge in [-0.3, -0.25) is 0 Å². The van der Waals surface area contributed by atoms with Gasteiger partial charge in [0.15, 0.2) is 0 Å². The van der Waals surface area contributed by atoms with E-state index in [1.165, 1.54) is 0 Å². The lowest BCUT2D eigenvalue weighted by molar-refractivity contribution is 0.0943. The van der Waals surface area contributed by atoms with Crippen molar-refractivity contribution in [3.8, 4) is 0 Å². The lowest BCUT2D eigenvalue weighted by Gasteiger charge is -2.22. The molecule has 1 saturated heterocycles. The number of ether oxygens (including phenoxy) is 1. The molecule has 0 spiro atoms. The molecule has 3 heteroatoms. The minimum Gasteiger partial charge on any atom is -0.378 e. The van der Waals surface area contributed by atoms with Crippen LogP contribution in [-0.4, -0.2) is 31.0 Å². The third-order valence-corrected chi connectivity index (χ3v) is 2.68. The van der Waals surface area contributed by atoms with Crippen molar-refractivity contribution in [3.05, 3.63) is 0 Å². The van der Waals surface area contributed by atoms with Gasteiger partial charge in [0, 0.05) is 18.7 Å². The summed E-state index contributed by atoms with van der Waals surface area (Å²) in [6.45, 7) is 7.48. The first-order valence-corrected chi connectivity index (χ1v) is 5.98. The molecular weight excluding hydrogens is 193 g/mol. The van der Waals surface area contributed by atoms with Crippen LogP contribution in [0.1, 0.15) is 46.5 Å². The molecule has 1 heterocycles. The molecule has 1 N–H and O–H groups in total. The van der Waals surface area contributed by atoms with Crippen molar-refractivity contribution >= 4 is 0 Å². The Hall–Kier alpha value is -0.150. The Morgan fingerprint density at radius 1 is 1.47 bits per heavy atom. The van der Waals surface area contributed by atoms with E-state index >= 15 is 0 Å². The lowest BCUT2D eigenvalue weighted by atomic mass is 10.1. The summed E-state index contributed by atoms with van der Waals surface area (Å²) in [6, 6.07) is 0. The maximum atomic E-state index is 13.5. The fourth-order valence-electron chi connectivity index (χ4n) is 1.76. The van der Waals surface area contributed by atoms with Crippen molar-refractivity contribution in [3.63, 3.8) is 0 Å². The van der Waals surface area contributed by atoms with E-state index in [9.17, 15) is 4.39 Å². The standard InChI is InChI=1S/C12H24FNO/c1-12(2,3)14-9-10(13)6-7-11-5-4-8-15-11/h10-11,14H,4-9H2,1-3H3. The van der Waals surface area contributed by atoms with Crippen molar-refractivity contribution in [1.82, 2.24) is 5.32 Å². The molecule has 1 aliphatic rings. The summed E-state index contributed by atoms with van der Waals surface area (Å²) in [5, 5.41) is 3.18. The van der Waals surface area contributed by atoms with Gasteiger partial charge < -0.3 is 10.1 Å². The summed E-state index contributed by atoms with van der Waals surface area (Å²) in [5.41, 5.74) is 0.00813. The highest BCUT2D eigenvalue weighted by Crippen LogP contribution is 2.18. The first kappa shape index (κ1) is 12.9. The monoisotopic (exact) mass is 217 g/mol. The van der Waals surface area contributed by atoms with E-state index < -0.39 is 6.17 Å². The van der Waals surface area contributed by atoms with Gasteiger partial charge in [-0.15, -0.1) is 0 Å². The van der Waals surface area contributed by atoms with Crippen LogP contribution in [0.3, 0.4) is 0 Å². The first-order valence-electron chi connectivity index (χ1n) is 5.98. The van der Waals surface area contributed by atoms with E-state index in [1.54, 1.807) is 0 Å². The highest BCUT2D eigenvalue weighted by molar-refractivity contribution is 4.74. The predicted molar refractivity (Wildman–Crippen MR) is 60.9 cm³/mol. The van der Waals surface area contributed by atoms with E-state index in [0.29, 0.717) is 19.1 Å². The third kappa shape index (κ3) is 6.10. The SMILES string of the molecule is CC(C)(C)NCC(F)CCC1CCCO1. The molecule has 0 aromatic heterocycles. The Labute approximate surface area is 92.6 Å². The van der Waals surface area contributed by atoms with Gasteiger partial charge in [0.2, 0.25) is 0 Å². The van der Waals surface area contributed by atoms with Crippen molar-refractivity contribution in [2.45, 2.75) is 64.3 Å². The van der Waals surface area contributed by atoms with Gasteiger partial charge in [-0.25, -0.2) is 4.39 Å². The van der Waals surface area contributed by atoms with Crippen LogP contribution in [0.15, 0.2) is 0 Å². The van der Waals surface area contributed by atoms with Gasteiger partial charge >= 0.3 is 0 Å². The number of hydrogen-bond donors (Lipinski definition) is 1. The van der Waals surface area contributed by atoms with Gasteiger partial charge in [-0.05, 0) is 46.5 Å². The summed E-state index contributed by atoms with van der Waals surface area (Å²) < 4.78 is 18.9. The number of hydrogen-bond acceptors (Lipinski definition) is 2. The van der Waals surface area contributed by atoms with Crippen molar-refractivity contribution in [2.75, 3.05) is 13.2 Å². The minimum atomic E-state index is -0.742. The van der Waals surface area contributed by atoms with Gasteiger partial charge in [0.25, 0.3) is 0 Å². The Bertz CT molecular complexity index is 173. The maximum Gasteiger partial charge on any atom is 0.113 e. The number of halogens is 1. The molecule has 90 valence electrons. The molecule has 0 aromatic carbocycles. The van der Waals surface area contributed by atoms with Crippen LogP contribution in [-0.2, 0) is 4.74 Å². The molecule has 2 nitrogen and oxygen atoms in total. The van der Waals surface area contributed by atoms with E-state index in [-0.39, 0.29) is 5.54 Å². The molecule has 0 aliphatic carbocycles. The fraction of sp³-hybridized carbons (Fsp3) is 1.00. The lowest BCUT2D eigenvalue weighted by Crippen LogP contribution is -2.39. The fourth-order valence-corrected chi connectivity index (χ4v) is 1.76. The Kier molecular flexibility index (Phi) is 5.00. The van der Waals surface area contributed by atoms with Crippen molar-refractivity contribution in [1.29, 1.82) is 0 Å². The first-order chi connectivity index (χ1) is 6.97. The summed E-state index contributed by atoms with van der Waals surface area (Å²) in [6.07, 6.45) is 3.31. The molecule has 0 bridgehead atoms. The second-order valence-corrected chi connectivity index (χ2v) is 5.44. The van der Waals surface area contributed by atoms with E-state index in [0.717, 1.165) is 25.9 Å². The van der Waals surface area contributed by atoms with E-state index in [2.05, 4.69) is 26.1 Å². The van der Waals surface area contributed by atoms with Crippen LogP contribution >= 0.6 is 0 Å². The topological polar surface area (TPSA) is 21.3 Å². The van der Waals surface area contributed by atoms with Crippen LogP contribution in [0.4, 0.5) is 4.39 Å². The van der Waals surface area contributed by atoms with Crippen LogP contribution in [0.5, 0.6) is 0 Å². The second kappa shape index (κ2) is 5.80. The zero-order valence-corrected chi connectivity index (χ0v) is 10.2. The molecule has 0 aromatic rings. The highest BCUT2D eigenvalue weighted by Gasteiger charge is 2.18. The second-order valence-electron chi connectivity index (χ2n) is 5.44. The van der Waals surface area contributed by atoms with Crippen molar-refractivity contribution < 1.29 is 9.13 Å². The van der Waals surface area contributed by atoms with Gasteiger partial charge in [0.1, 0.15) is 6.17 Å². The van der Waals surface area contributed by atoms with Gasteiger partial charge in [-0.1, -0.05) is 0 Å². The zero-order chi connectivity index (χ0) is 11.3. The third-order valence-electron chi connectivity index (χ3n) is 2.68. The van der Waals surface area contributed by atoms with Crippen LogP contribution in [0, 0.1) is 0 Å². The molecule has 2 atom stereocenters. The number of alkyl halides is 1. The summed E-state index contributed by atoms with van der Waals surface area (Å²) in [5.74, 6) is 0.